The van der Waals surface area contributed by atoms with E-state index in [2.05, 4.69) is 72.2 Å². The van der Waals surface area contributed by atoms with E-state index in [1.54, 1.807) is 0 Å². The van der Waals surface area contributed by atoms with E-state index in [4.69, 9.17) is 14.8 Å². The molecule has 1 saturated heterocycles. The maximum atomic E-state index is 11.6. The number of hydrogen-bond donors (Lipinski definition) is 1. The van der Waals surface area contributed by atoms with Gasteiger partial charge in [-0.05, 0) is 50.9 Å². The highest BCUT2D eigenvalue weighted by Crippen LogP contribution is 2.44. The molecule has 0 saturated carbocycles. The van der Waals surface area contributed by atoms with Crippen LogP contribution in [0.1, 0.15) is 38.4 Å². The van der Waals surface area contributed by atoms with E-state index in [1.807, 2.05) is 17.1 Å². The predicted molar refractivity (Wildman–Crippen MR) is 157 cm³/mol. The molecule has 6 heterocycles. The first kappa shape index (κ1) is 26.8. The number of fused-ring (bicyclic) bond motifs is 3. The van der Waals surface area contributed by atoms with Crippen molar-refractivity contribution in [1.82, 2.24) is 34.0 Å². The van der Waals surface area contributed by atoms with Crippen LogP contribution in [0.3, 0.4) is 0 Å². The Labute approximate surface area is 235 Å². The van der Waals surface area contributed by atoms with Crippen molar-refractivity contribution in [1.29, 1.82) is 0 Å². The number of carbonyl (C=O) groups is 1. The molecule has 2 aliphatic rings. The van der Waals surface area contributed by atoms with Crippen molar-refractivity contribution in [2.45, 2.75) is 77.1 Å². The summed E-state index contributed by atoms with van der Waals surface area (Å²) in [6, 6.07) is 7.72. The third-order valence-electron chi connectivity index (χ3n) is 8.42. The van der Waals surface area contributed by atoms with Gasteiger partial charge in [0.15, 0.2) is 0 Å². The van der Waals surface area contributed by atoms with Crippen LogP contribution in [0.4, 0.5) is 4.79 Å². The second-order valence-electron chi connectivity index (χ2n) is 12.8. The SMILES string of the molecule is CC(C)n1nccc1-c1cn(COCC[Si](C)(C)C)c2ncc(-c3cc4n(n3)CCC43CCN(C(=O)O)C3)cc12. The van der Waals surface area contributed by atoms with Crippen LogP contribution in [-0.4, -0.2) is 73.0 Å². The molecule has 0 radical (unpaired) electrons. The average molecular weight is 562 g/mol. The summed E-state index contributed by atoms with van der Waals surface area (Å²) < 4.78 is 12.3. The predicted octanol–water partition coefficient (Wildman–Crippen LogP) is 5.68. The smallest absolute Gasteiger partial charge is 0.407 e. The number of aryl methyl sites for hydroxylation is 1. The zero-order valence-corrected chi connectivity index (χ0v) is 25.1. The molecule has 40 heavy (non-hydrogen) atoms. The summed E-state index contributed by atoms with van der Waals surface area (Å²) in [6.07, 6.45) is 6.81. The summed E-state index contributed by atoms with van der Waals surface area (Å²) >= 11 is 0. The van der Waals surface area contributed by atoms with Crippen molar-refractivity contribution in [2.24, 2.45) is 0 Å². The maximum absolute atomic E-state index is 11.6. The van der Waals surface area contributed by atoms with E-state index in [0.29, 0.717) is 19.8 Å². The lowest BCUT2D eigenvalue weighted by Gasteiger charge is -2.21. The quantitative estimate of drug-likeness (QED) is 0.219. The molecule has 1 unspecified atom stereocenters. The Bertz CT molecular complexity index is 1560. The number of hydrogen-bond acceptors (Lipinski definition) is 5. The molecule has 1 atom stereocenters. The third-order valence-corrected chi connectivity index (χ3v) is 10.1. The maximum Gasteiger partial charge on any atom is 0.407 e. The van der Waals surface area contributed by atoms with Crippen LogP contribution in [0.2, 0.25) is 25.7 Å². The summed E-state index contributed by atoms with van der Waals surface area (Å²) in [5, 5.41) is 20.1. The molecule has 0 bridgehead atoms. The number of amides is 1. The highest BCUT2D eigenvalue weighted by atomic mass is 28.3. The topological polar surface area (TPSA) is 103 Å². The second kappa shape index (κ2) is 9.88. The van der Waals surface area contributed by atoms with E-state index in [0.717, 1.165) is 71.3 Å². The van der Waals surface area contributed by atoms with E-state index in [9.17, 15) is 9.90 Å². The molecular weight excluding hydrogens is 522 g/mol. The minimum atomic E-state index is -1.18. The summed E-state index contributed by atoms with van der Waals surface area (Å²) in [7, 11) is -1.18. The van der Waals surface area contributed by atoms with Gasteiger partial charge < -0.3 is 19.3 Å². The second-order valence-corrected chi connectivity index (χ2v) is 18.5. The molecule has 2 aliphatic heterocycles. The van der Waals surface area contributed by atoms with Crippen molar-refractivity contribution in [3.63, 3.8) is 0 Å². The Balaban J connectivity index is 1.37. The standard InChI is InChI=1S/C29H39N7O3Si/c1-20(2)36-25(6-9-31-36)23-17-34(19-39-12-13-40(3,4)5)27-22(23)14-21(16-30-27)24-15-26-29(8-11-35(26)32-24)7-10-33(18-29)28(37)38/h6,9,14-17,20H,7-8,10-13,18-19H2,1-5H3,(H,37,38). The lowest BCUT2D eigenvalue weighted by molar-refractivity contribution is 0.0899. The molecule has 212 valence electrons. The number of aromatic nitrogens is 6. The van der Waals surface area contributed by atoms with Gasteiger partial charge in [0.1, 0.15) is 12.4 Å². The molecule has 0 aliphatic carbocycles. The van der Waals surface area contributed by atoms with Crippen LogP contribution in [0, 0.1) is 0 Å². The third kappa shape index (κ3) is 4.75. The van der Waals surface area contributed by atoms with Gasteiger partial charge in [-0.15, -0.1) is 0 Å². The summed E-state index contributed by atoms with van der Waals surface area (Å²) in [5.74, 6) is 0. The fourth-order valence-corrected chi connectivity index (χ4v) is 6.90. The largest absolute Gasteiger partial charge is 0.465 e. The van der Waals surface area contributed by atoms with Crippen molar-refractivity contribution in [3.05, 3.63) is 42.5 Å². The number of pyridine rings is 1. The van der Waals surface area contributed by atoms with Crippen LogP contribution >= 0.6 is 0 Å². The molecule has 1 spiro atoms. The Morgan fingerprint density at radius 2 is 2.00 bits per heavy atom. The van der Waals surface area contributed by atoms with Gasteiger partial charge in [0.25, 0.3) is 0 Å². The number of carboxylic acid groups (broad SMARTS) is 1. The number of ether oxygens (including phenoxy) is 1. The summed E-state index contributed by atoms with van der Waals surface area (Å²) in [6.45, 7) is 14.5. The summed E-state index contributed by atoms with van der Waals surface area (Å²) in [5.41, 5.74) is 5.81. The fourth-order valence-electron chi connectivity index (χ4n) is 6.15. The highest BCUT2D eigenvalue weighted by Gasteiger charge is 2.47. The number of nitrogens with zero attached hydrogens (tertiary/aromatic N) is 7. The first-order valence-corrected chi connectivity index (χ1v) is 17.9. The molecule has 6 rings (SSSR count). The van der Waals surface area contributed by atoms with Gasteiger partial charge in [0.2, 0.25) is 0 Å². The highest BCUT2D eigenvalue weighted by molar-refractivity contribution is 6.76. The molecule has 10 nitrogen and oxygen atoms in total. The normalized spacial score (nSPS) is 19.0. The molecule has 4 aromatic rings. The number of rotatable bonds is 8. The van der Waals surface area contributed by atoms with Crippen molar-refractivity contribution >= 4 is 25.2 Å². The molecule has 11 heteroatoms. The minimum absolute atomic E-state index is 0.146. The van der Waals surface area contributed by atoms with Gasteiger partial charge in [-0.25, -0.2) is 9.78 Å². The van der Waals surface area contributed by atoms with E-state index >= 15 is 0 Å². The molecular formula is C29H39N7O3Si. The number of likely N-dealkylation sites (tertiary alicyclic amines) is 1. The van der Waals surface area contributed by atoms with E-state index in [1.165, 1.54) is 4.90 Å². The molecule has 1 fully saturated rings. The van der Waals surface area contributed by atoms with Crippen LogP contribution < -0.4 is 0 Å². The first-order chi connectivity index (χ1) is 19.0. The van der Waals surface area contributed by atoms with Crippen molar-refractivity contribution in [3.8, 4) is 22.5 Å². The van der Waals surface area contributed by atoms with Crippen LogP contribution in [0.15, 0.2) is 36.8 Å². The van der Waals surface area contributed by atoms with Crippen LogP contribution in [0.5, 0.6) is 0 Å². The Morgan fingerprint density at radius 1 is 1.20 bits per heavy atom. The van der Waals surface area contributed by atoms with E-state index < -0.39 is 14.2 Å². The van der Waals surface area contributed by atoms with Gasteiger partial charge in [-0.2, -0.15) is 10.2 Å². The van der Waals surface area contributed by atoms with Gasteiger partial charge in [-0.1, -0.05) is 19.6 Å². The molecule has 1 N–H and O–H groups in total. The average Bonchev–Trinajstić information content (AvgIpc) is 3.70. The molecule has 0 aromatic carbocycles. The molecule has 4 aromatic heterocycles. The monoisotopic (exact) mass is 561 g/mol. The van der Waals surface area contributed by atoms with Crippen LogP contribution in [0.25, 0.3) is 33.5 Å². The fraction of sp³-hybridized carbons (Fsp3) is 0.517. The Morgan fingerprint density at radius 3 is 2.73 bits per heavy atom. The molecule has 1 amide bonds. The van der Waals surface area contributed by atoms with Crippen LogP contribution in [-0.2, 0) is 23.4 Å². The van der Waals surface area contributed by atoms with Gasteiger partial charge in [0.05, 0.1) is 11.4 Å². The zero-order chi connectivity index (χ0) is 28.2. The van der Waals surface area contributed by atoms with E-state index in [-0.39, 0.29) is 11.5 Å². The van der Waals surface area contributed by atoms with Gasteiger partial charge >= 0.3 is 6.09 Å². The summed E-state index contributed by atoms with van der Waals surface area (Å²) in [4.78, 5) is 18.1. The minimum Gasteiger partial charge on any atom is -0.465 e. The van der Waals surface area contributed by atoms with Crippen molar-refractivity contribution in [2.75, 3.05) is 19.7 Å². The lowest BCUT2D eigenvalue weighted by Crippen LogP contribution is -2.32. The van der Waals surface area contributed by atoms with Crippen molar-refractivity contribution < 1.29 is 14.6 Å². The van der Waals surface area contributed by atoms with Gasteiger partial charge in [-0.3, -0.25) is 9.36 Å². The van der Waals surface area contributed by atoms with Gasteiger partial charge in [0, 0.05) is 86.6 Å². The lowest BCUT2D eigenvalue weighted by atomic mass is 9.82. The Kier molecular flexibility index (Phi) is 6.61. The first-order valence-electron chi connectivity index (χ1n) is 14.2. The zero-order valence-electron chi connectivity index (χ0n) is 24.1. The Hall–Kier alpha value is -3.44.